The number of nitrogens with two attached hydrogens (primary N) is 1. The van der Waals surface area contributed by atoms with Gasteiger partial charge in [-0.1, -0.05) is 49.4 Å². The molecule has 5 heteroatoms. The molecule has 0 aromatic heterocycles. The number of nitrogens with one attached hydrogen (secondary N) is 1. The van der Waals surface area contributed by atoms with Gasteiger partial charge in [0, 0.05) is 24.2 Å². The molecule has 0 atom stereocenters. The molecule has 0 radical (unpaired) electrons. The predicted octanol–water partition coefficient (Wildman–Crippen LogP) is 3.52. The van der Waals surface area contributed by atoms with E-state index in [2.05, 4.69) is 11.9 Å². The van der Waals surface area contributed by atoms with Crippen LogP contribution in [0.3, 0.4) is 0 Å². The number of hydrogen-bond donors (Lipinski definition) is 2. The number of carbonyl (C=O) groups excluding carboxylic acids is 1. The third kappa shape index (κ3) is 4.83. The lowest BCUT2D eigenvalue weighted by Gasteiger charge is -2.11. The van der Waals surface area contributed by atoms with Gasteiger partial charge in [0.05, 0.1) is 5.57 Å². The molecular formula is C20H23FN2O2. The summed E-state index contributed by atoms with van der Waals surface area (Å²) in [6, 6.07) is 4.82. The molecule has 25 heavy (non-hydrogen) atoms. The van der Waals surface area contributed by atoms with Gasteiger partial charge in [0.1, 0.15) is 6.61 Å². The molecule has 3 N–H and O–H groups in total. The Bertz CT molecular complexity index is 748. The summed E-state index contributed by atoms with van der Waals surface area (Å²) in [5.74, 6) is -0.675. The predicted molar refractivity (Wildman–Crippen MR) is 97.3 cm³/mol. The first-order valence-corrected chi connectivity index (χ1v) is 8.20. The Kier molecular flexibility index (Phi) is 6.57. The highest BCUT2D eigenvalue weighted by atomic mass is 19.1. The van der Waals surface area contributed by atoms with E-state index in [9.17, 15) is 9.18 Å². The second-order valence-corrected chi connectivity index (χ2v) is 5.66. The van der Waals surface area contributed by atoms with Crippen LogP contribution in [0, 0.1) is 5.82 Å². The Morgan fingerprint density at radius 1 is 1.48 bits per heavy atom. The third-order valence-corrected chi connectivity index (χ3v) is 3.90. The molecular weight excluding hydrogens is 319 g/mol. The summed E-state index contributed by atoms with van der Waals surface area (Å²) in [4.78, 5) is 12.4. The molecule has 0 saturated heterocycles. The zero-order chi connectivity index (χ0) is 18.2. The molecule has 0 unspecified atom stereocenters. The first-order chi connectivity index (χ1) is 12.1. The first kappa shape index (κ1) is 18.5. The van der Waals surface area contributed by atoms with Crippen LogP contribution < -0.4 is 15.8 Å². The van der Waals surface area contributed by atoms with Crippen LogP contribution in [0.1, 0.15) is 25.3 Å². The van der Waals surface area contributed by atoms with Gasteiger partial charge >= 0.3 is 0 Å². The molecule has 1 aliphatic rings. The lowest BCUT2D eigenvalue weighted by atomic mass is 10.1. The van der Waals surface area contributed by atoms with Crippen LogP contribution in [-0.2, 0) is 11.3 Å². The number of allylic oxidation sites excluding steroid dienone is 3. The van der Waals surface area contributed by atoms with Gasteiger partial charge in [-0.05, 0) is 18.6 Å². The van der Waals surface area contributed by atoms with Crippen molar-refractivity contribution in [3.63, 3.8) is 0 Å². The maximum Gasteiger partial charge on any atom is 0.253 e. The van der Waals surface area contributed by atoms with Crippen molar-refractivity contribution in [1.82, 2.24) is 5.32 Å². The van der Waals surface area contributed by atoms with E-state index in [0.29, 0.717) is 23.3 Å². The van der Waals surface area contributed by atoms with Crippen molar-refractivity contribution >= 4 is 5.91 Å². The van der Waals surface area contributed by atoms with Crippen LogP contribution in [-0.4, -0.2) is 12.5 Å². The molecule has 0 heterocycles. The van der Waals surface area contributed by atoms with E-state index in [0.717, 1.165) is 12.0 Å². The fourth-order valence-electron chi connectivity index (χ4n) is 2.47. The standard InChI is InChI=1S/C20H23FN2O2/c1-3-11-25-18-10-6-8-15(19(18)21)13-23-20(24)16-9-5-7-14(4-2)12-17(16)22/h3,5-10H,1,4,11-13,22H2,2H3,(H,23,24). The van der Waals surface area contributed by atoms with Gasteiger partial charge in [0.25, 0.3) is 5.91 Å². The summed E-state index contributed by atoms with van der Waals surface area (Å²) in [5.41, 5.74) is 8.49. The van der Waals surface area contributed by atoms with Crippen LogP contribution in [0.15, 0.2) is 65.9 Å². The zero-order valence-corrected chi connectivity index (χ0v) is 14.3. The van der Waals surface area contributed by atoms with E-state index in [1.165, 1.54) is 6.07 Å². The van der Waals surface area contributed by atoms with Gasteiger partial charge in [-0.2, -0.15) is 0 Å². The van der Waals surface area contributed by atoms with Gasteiger partial charge < -0.3 is 15.8 Å². The molecule has 0 fully saturated rings. The zero-order valence-electron chi connectivity index (χ0n) is 14.3. The average molecular weight is 342 g/mol. The van der Waals surface area contributed by atoms with Gasteiger partial charge in [0.2, 0.25) is 0 Å². The van der Waals surface area contributed by atoms with Crippen molar-refractivity contribution in [2.24, 2.45) is 5.73 Å². The number of rotatable bonds is 7. The highest BCUT2D eigenvalue weighted by molar-refractivity contribution is 5.97. The first-order valence-electron chi connectivity index (χ1n) is 8.20. The molecule has 0 aliphatic heterocycles. The van der Waals surface area contributed by atoms with Gasteiger partial charge in [-0.15, -0.1) is 0 Å². The number of hydrogen-bond acceptors (Lipinski definition) is 3. The highest BCUT2D eigenvalue weighted by Crippen LogP contribution is 2.21. The minimum atomic E-state index is -0.488. The number of carbonyl (C=O) groups is 1. The quantitative estimate of drug-likeness (QED) is 0.745. The summed E-state index contributed by atoms with van der Waals surface area (Å²) in [7, 11) is 0. The molecule has 1 aromatic rings. The normalized spacial score (nSPS) is 13.9. The Hall–Kier alpha value is -2.82. The van der Waals surface area contributed by atoms with Gasteiger partial charge in [-0.3, -0.25) is 4.79 Å². The average Bonchev–Trinajstić information content (AvgIpc) is 2.80. The maximum absolute atomic E-state index is 14.4. The van der Waals surface area contributed by atoms with E-state index in [1.807, 2.05) is 19.1 Å². The highest BCUT2D eigenvalue weighted by Gasteiger charge is 2.15. The summed E-state index contributed by atoms with van der Waals surface area (Å²) in [6.45, 7) is 5.84. The summed E-state index contributed by atoms with van der Waals surface area (Å²) < 4.78 is 19.6. The van der Waals surface area contributed by atoms with Gasteiger partial charge in [-0.25, -0.2) is 4.39 Å². The van der Waals surface area contributed by atoms with E-state index < -0.39 is 5.82 Å². The van der Waals surface area contributed by atoms with Crippen LogP contribution in [0.2, 0.25) is 0 Å². The van der Waals surface area contributed by atoms with Crippen molar-refractivity contribution in [2.75, 3.05) is 6.61 Å². The van der Waals surface area contributed by atoms with Crippen LogP contribution in [0.4, 0.5) is 4.39 Å². The topological polar surface area (TPSA) is 64.3 Å². The fourth-order valence-corrected chi connectivity index (χ4v) is 2.47. The molecule has 2 rings (SSSR count). The molecule has 1 aromatic carbocycles. The monoisotopic (exact) mass is 342 g/mol. The van der Waals surface area contributed by atoms with Crippen molar-refractivity contribution in [3.8, 4) is 5.75 Å². The van der Waals surface area contributed by atoms with Crippen molar-refractivity contribution in [2.45, 2.75) is 26.3 Å². The van der Waals surface area contributed by atoms with Crippen molar-refractivity contribution in [1.29, 1.82) is 0 Å². The SMILES string of the molecule is C=CCOc1cccc(CNC(=O)C2=C(N)CC(CC)=CC=C2)c1F. The second kappa shape index (κ2) is 8.87. The number of benzene rings is 1. The second-order valence-electron chi connectivity index (χ2n) is 5.66. The molecule has 132 valence electrons. The Labute approximate surface area is 147 Å². The molecule has 0 spiro atoms. The molecule has 4 nitrogen and oxygen atoms in total. The largest absolute Gasteiger partial charge is 0.486 e. The number of ether oxygens (including phenoxy) is 1. The molecule has 1 amide bonds. The van der Waals surface area contributed by atoms with Crippen LogP contribution in [0.5, 0.6) is 5.75 Å². The lowest BCUT2D eigenvalue weighted by molar-refractivity contribution is -0.117. The number of halogens is 1. The van der Waals surface area contributed by atoms with E-state index >= 15 is 0 Å². The fraction of sp³-hybridized carbons (Fsp3) is 0.250. The Morgan fingerprint density at radius 2 is 2.28 bits per heavy atom. The van der Waals surface area contributed by atoms with E-state index in [4.69, 9.17) is 10.5 Å². The van der Waals surface area contributed by atoms with E-state index in [-0.39, 0.29) is 24.8 Å². The van der Waals surface area contributed by atoms with Crippen molar-refractivity contribution in [3.05, 3.63) is 77.3 Å². The van der Waals surface area contributed by atoms with E-state index in [1.54, 1.807) is 24.3 Å². The van der Waals surface area contributed by atoms with Crippen LogP contribution in [0.25, 0.3) is 0 Å². The Morgan fingerprint density at radius 3 is 3.00 bits per heavy atom. The number of amides is 1. The summed E-state index contributed by atoms with van der Waals surface area (Å²) in [6.07, 6.45) is 8.45. The third-order valence-electron chi connectivity index (χ3n) is 3.90. The summed E-state index contributed by atoms with van der Waals surface area (Å²) >= 11 is 0. The minimum absolute atomic E-state index is 0.0502. The smallest absolute Gasteiger partial charge is 0.253 e. The molecule has 1 aliphatic carbocycles. The Balaban J connectivity index is 2.06. The molecule has 0 bridgehead atoms. The van der Waals surface area contributed by atoms with Gasteiger partial charge in [0.15, 0.2) is 11.6 Å². The van der Waals surface area contributed by atoms with Crippen molar-refractivity contribution < 1.29 is 13.9 Å². The maximum atomic E-state index is 14.4. The molecule has 0 saturated carbocycles. The minimum Gasteiger partial charge on any atom is -0.486 e. The summed E-state index contributed by atoms with van der Waals surface area (Å²) in [5, 5.41) is 2.72. The lowest BCUT2D eigenvalue weighted by Crippen LogP contribution is -2.26. The van der Waals surface area contributed by atoms with Crippen LogP contribution >= 0.6 is 0 Å².